The second kappa shape index (κ2) is 6.24. The first-order valence-electron chi connectivity index (χ1n) is 7.75. The molecule has 3 rings (SSSR count). The van der Waals surface area contributed by atoms with Crippen molar-refractivity contribution in [2.24, 2.45) is 0 Å². The van der Waals surface area contributed by atoms with Crippen LogP contribution in [0.15, 0.2) is 47.0 Å². The third-order valence-corrected chi connectivity index (χ3v) is 4.19. The molecule has 0 saturated carbocycles. The Morgan fingerprint density at radius 2 is 1.91 bits per heavy atom. The molecule has 1 aromatic heterocycles. The minimum atomic E-state index is -0.0610. The zero-order valence-electron chi connectivity index (χ0n) is 13.6. The van der Waals surface area contributed by atoms with Crippen LogP contribution in [0.2, 0.25) is 0 Å². The fraction of sp³-hybridized carbons (Fsp3) is 0.263. The fourth-order valence-corrected chi connectivity index (χ4v) is 2.91. The molecule has 0 aliphatic rings. The van der Waals surface area contributed by atoms with Crippen molar-refractivity contribution in [1.82, 2.24) is 10.5 Å². The second-order valence-electron chi connectivity index (χ2n) is 5.84. The summed E-state index contributed by atoms with van der Waals surface area (Å²) < 4.78 is 5.11. The summed E-state index contributed by atoms with van der Waals surface area (Å²) in [5.41, 5.74) is 2.76. The molecule has 0 fully saturated rings. The molecule has 1 atom stereocenters. The average molecular weight is 308 g/mol. The highest BCUT2D eigenvalue weighted by Gasteiger charge is 2.16. The second-order valence-corrected chi connectivity index (χ2v) is 5.84. The van der Waals surface area contributed by atoms with Gasteiger partial charge in [0, 0.05) is 5.56 Å². The Bertz CT molecular complexity index is 827. The van der Waals surface area contributed by atoms with Gasteiger partial charge in [-0.2, -0.15) is 0 Å². The lowest BCUT2D eigenvalue weighted by molar-refractivity contribution is -0.121. The lowest BCUT2D eigenvalue weighted by atomic mass is 9.99. The van der Waals surface area contributed by atoms with Crippen molar-refractivity contribution in [3.8, 4) is 0 Å². The van der Waals surface area contributed by atoms with Crippen LogP contribution < -0.4 is 5.32 Å². The van der Waals surface area contributed by atoms with Crippen LogP contribution in [0.1, 0.15) is 35.5 Å². The van der Waals surface area contributed by atoms with Gasteiger partial charge in [-0.25, -0.2) is 0 Å². The van der Waals surface area contributed by atoms with E-state index >= 15 is 0 Å². The summed E-state index contributed by atoms with van der Waals surface area (Å²) in [6, 6.07) is 14.3. The molecule has 3 aromatic rings. The molecule has 1 N–H and O–H groups in total. The maximum absolute atomic E-state index is 12.4. The normalized spacial score (nSPS) is 12.3. The molecule has 1 unspecified atom stereocenters. The molecule has 4 heteroatoms. The molecular formula is C19H20N2O2. The molecule has 0 radical (unpaired) electrons. The Balaban J connectivity index is 1.78. The summed E-state index contributed by atoms with van der Waals surface area (Å²) in [5.74, 6) is 0.676. The Morgan fingerprint density at radius 3 is 2.65 bits per heavy atom. The van der Waals surface area contributed by atoms with Crippen molar-refractivity contribution in [3.63, 3.8) is 0 Å². The summed E-state index contributed by atoms with van der Waals surface area (Å²) in [6.07, 6.45) is 0.288. The first-order valence-corrected chi connectivity index (χ1v) is 7.75. The highest BCUT2D eigenvalue weighted by molar-refractivity contribution is 5.87. The van der Waals surface area contributed by atoms with E-state index in [-0.39, 0.29) is 18.4 Å². The molecule has 4 nitrogen and oxygen atoms in total. The molecule has 118 valence electrons. The van der Waals surface area contributed by atoms with E-state index in [4.69, 9.17) is 4.52 Å². The van der Waals surface area contributed by atoms with Crippen molar-refractivity contribution in [3.05, 3.63) is 65.0 Å². The summed E-state index contributed by atoms with van der Waals surface area (Å²) in [6.45, 7) is 5.69. The van der Waals surface area contributed by atoms with Crippen LogP contribution in [0, 0.1) is 13.8 Å². The number of hydrogen-bond acceptors (Lipinski definition) is 3. The number of hydrogen-bond donors (Lipinski definition) is 1. The zero-order valence-corrected chi connectivity index (χ0v) is 13.6. The summed E-state index contributed by atoms with van der Waals surface area (Å²) >= 11 is 0. The van der Waals surface area contributed by atoms with Gasteiger partial charge in [0.15, 0.2) is 0 Å². The first-order chi connectivity index (χ1) is 11.1. The van der Waals surface area contributed by atoms with E-state index in [1.165, 1.54) is 10.8 Å². The lowest BCUT2D eigenvalue weighted by Crippen LogP contribution is -2.28. The van der Waals surface area contributed by atoms with E-state index in [0.717, 1.165) is 16.8 Å². The van der Waals surface area contributed by atoms with Crippen molar-refractivity contribution in [1.29, 1.82) is 0 Å². The van der Waals surface area contributed by atoms with Crippen LogP contribution in [0.4, 0.5) is 0 Å². The molecule has 0 aliphatic heterocycles. The van der Waals surface area contributed by atoms with E-state index in [0.29, 0.717) is 5.76 Å². The van der Waals surface area contributed by atoms with E-state index < -0.39 is 0 Å². The van der Waals surface area contributed by atoms with E-state index in [9.17, 15) is 4.79 Å². The molecular weight excluding hydrogens is 288 g/mol. The molecule has 0 bridgehead atoms. The molecule has 1 amide bonds. The van der Waals surface area contributed by atoms with Crippen molar-refractivity contribution >= 4 is 16.7 Å². The van der Waals surface area contributed by atoms with Gasteiger partial charge in [-0.3, -0.25) is 4.79 Å². The third kappa shape index (κ3) is 3.11. The first kappa shape index (κ1) is 15.3. The summed E-state index contributed by atoms with van der Waals surface area (Å²) in [7, 11) is 0. The van der Waals surface area contributed by atoms with Gasteiger partial charge in [0.2, 0.25) is 5.91 Å². The highest BCUT2D eigenvalue weighted by atomic mass is 16.5. The number of fused-ring (bicyclic) bond motifs is 1. The molecule has 2 aromatic carbocycles. The van der Waals surface area contributed by atoms with E-state index in [1.807, 2.05) is 39.0 Å². The predicted octanol–water partition coefficient (Wildman–Crippen LogP) is 3.86. The summed E-state index contributed by atoms with van der Waals surface area (Å²) in [4.78, 5) is 12.4. The van der Waals surface area contributed by atoms with Crippen LogP contribution in [-0.2, 0) is 11.2 Å². The minimum Gasteiger partial charge on any atom is -0.361 e. The maximum Gasteiger partial charge on any atom is 0.225 e. The van der Waals surface area contributed by atoms with Gasteiger partial charge in [0.1, 0.15) is 5.76 Å². The van der Waals surface area contributed by atoms with Crippen LogP contribution in [0.3, 0.4) is 0 Å². The number of carbonyl (C=O) groups excluding carboxylic acids is 1. The predicted molar refractivity (Wildman–Crippen MR) is 90.2 cm³/mol. The minimum absolute atomic E-state index is 0.0279. The smallest absolute Gasteiger partial charge is 0.225 e. The SMILES string of the molecule is Cc1noc(C)c1CC(=O)NC(C)c1cccc2ccccc12. The topological polar surface area (TPSA) is 55.1 Å². The van der Waals surface area contributed by atoms with Crippen LogP contribution in [0.25, 0.3) is 10.8 Å². The fourth-order valence-electron chi connectivity index (χ4n) is 2.91. The van der Waals surface area contributed by atoms with Crippen LogP contribution in [-0.4, -0.2) is 11.1 Å². The molecule has 0 saturated heterocycles. The van der Waals surface area contributed by atoms with E-state index in [2.05, 4.69) is 34.7 Å². The van der Waals surface area contributed by atoms with Crippen molar-refractivity contribution < 1.29 is 9.32 Å². The van der Waals surface area contributed by atoms with Gasteiger partial charge in [-0.05, 0) is 37.1 Å². The van der Waals surface area contributed by atoms with Gasteiger partial charge in [0.25, 0.3) is 0 Å². The Morgan fingerprint density at radius 1 is 1.17 bits per heavy atom. The standard InChI is InChI=1S/C19H20N2O2/c1-12(16-10-6-8-15-7-4-5-9-17(15)16)20-19(22)11-18-13(2)21-23-14(18)3/h4-10,12H,11H2,1-3H3,(H,20,22). The Hall–Kier alpha value is -2.62. The number of aryl methyl sites for hydroxylation is 2. The van der Waals surface area contributed by atoms with Gasteiger partial charge in [-0.1, -0.05) is 47.6 Å². The molecule has 0 aliphatic carbocycles. The van der Waals surface area contributed by atoms with Gasteiger partial charge >= 0.3 is 0 Å². The van der Waals surface area contributed by atoms with E-state index in [1.54, 1.807) is 0 Å². The van der Waals surface area contributed by atoms with Crippen LogP contribution in [0.5, 0.6) is 0 Å². The van der Waals surface area contributed by atoms with Gasteiger partial charge in [0.05, 0.1) is 18.2 Å². The number of aromatic nitrogens is 1. The Labute approximate surface area is 135 Å². The van der Waals surface area contributed by atoms with Crippen LogP contribution >= 0.6 is 0 Å². The van der Waals surface area contributed by atoms with Crippen molar-refractivity contribution in [2.45, 2.75) is 33.2 Å². The Kier molecular flexibility index (Phi) is 4.15. The monoisotopic (exact) mass is 308 g/mol. The molecule has 23 heavy (non-hydrogen) atoms. The molecule has 0 spiro atoms. The van der Waals surface area contributed by atoms with Gasteiger partial charge < -0.3 is 9.84 Å². The number of benzene rings is 2. The summed E-state index contributed by atoms with van der Waals surface area (Å²) in [5, 5.41) is 9.31. The number of carbonyl (C=O) groups is 1. The number of nitrogens with zero attached hydrogens (tertiary/aromatic N) is 1. The highest BCUT2D eigenvalue weighted by Crippen LogP contribution is 2.24. The number of amides is 1. The van der Waals surface area contributed by atoms with Gasteiger partial charge in [-0.15, -0.1) is 0 Å². The third-order valence-electron chi connectivity index (χ3n) is 4.19. The molecule has 1 heterocycles. The number of nitrogens with one attached hydrogen (secondary N) is 1. The largest absolute Gasteiger partial charge is 0.361 e. The number of rotatable bonds is 4. The van der Waals surface area contributed by atoms with Crippen molar-refractivity contribution in [2.75, 3.05) is 0 Å². The maximum atomic E-state index is 12.4. The lowest BCUT2D eigenvalue weighted by Gasteiger charge is -2.16. The quantitative estimate of drug-likeness (QED) is 0.796. The average Bonchev–Trinajstić information content (AvgIpc) is 2.86. The zero-order chi connectivity index (χ0) is 16.4.